The van der Waals surface area contributed by atoms with E-state index < -0.39 is 10.0 Å². The van der Waals surface area contributed by atoms with E-state index in [1.165, 1.54) is 16.4 Å². The average Bonchev–Trinajstić information content (AvgIpc) is 3.30. The molecule has 3 heterocycles. The van der Waals surface area contributed by atoms with Crippen LogP contribution in [0.25, 0.3) is 0 Å². The van der Waals surface area contributed by atoms with Crippen molar-refractivity contribution in [2.24, 2.45) is 0 Å². The molecule has 1 aromatic carbocycles. The van der Waals surface area contributed by atoms with Gasteiger partial charge in [-0.1, -0.05) is 6.07 Å². The molecule has 3 aromatic rings. The van der Waals surface area contributed by atoms with Gasteiger partial charge in [-0.05, 0) is 49.2 Å². The fourth-order valence-corrected chi connectivity index (χ4v) is 4.89. The predicted molar refractivity (Wildman–Crippen MR) is 108 cm³/mol. The molecule has 8 nitrogen and oxygen atoms in total. The number of carbonyl (C=O) groups excluding carboxylic acids is 1. The first-order chi connectivity index (χ1) is 14.0. The van der Waals surface area contributed by atoms with Gasteiger partial charge < -0.3 is 10.3 Å². The van der Waals surface area contributed by atoms with Crippen LogP contribution in [-0.2, 0) is 10.0 Å². The minimum Gasteiger partial charge on any atom is -0.348 e. The highest BCUT2D eigenvalue weighted by atomic mass is 32.2. The van der Waals surface area contributed by atoms with Crippen molar-refractivity contribution in [1.82, 2.24) is 19.3 Å². The first-order valence-corrected chi connectivity index (χ1v) is 10.8. The summed E-state index contributed by atoms with van der Waals surface area (Å²) in [7, 11) is -3.57. The lowest BCUT2D eigenvalue weighted by Gasteiger charge is -2.30. The monoisotopic (exact) mass is 411 g/mol. The van der Waals surface area contributed by atoms with Crippen molar-refractivity contribution in [1.29, 1.82) is 0 Å². The Morgan fingerprint density at radius 1 is 1.03 bits per heavy atom. The van der Waals surface area contributed by atoms with Gasteiger partial charge in [0.1, 0.15) is 11.5 Å². The van der Waals surface area contributed by atoms with E-state index in [1.807, 2.05) is 0 Å². The molecule has 0 aliphatic carbocycles. The highest BCUT2D eigenvalue weighted by molar-refractivity contribution is 7.89. The van der Waals surface area contributed by atoms with Crippen LogP contribution in [0.4, 0.5) is 5.69 Å². The van der Waals surface area contributed by atoms with Crippen LogP contribution < -0.4 is 5.32 Å². The van der Waals surface area contributed by atoms with Crippen LogP contribution in [0.2, 0.25) is 0 Å². The number of nitrogens with one attached hydrogen (secondary N) is 2. The molecular formula is C20H21N5O3S. The van der Waals surface area contributed by atoms with Crippen molar-refractivity contribution < 1.29 is 13.2 Å². The Morgan fingerprint density at radius 3 is 2.41 bits per heavy atom. The zero-order chi connectivity index (χ0) is 20.3. The molecule has 0 unspecified atom stereocenters. The van der Waals surface area contributed by atoms with Gasteiger partial charge in [0.15, 0.2) is 0 Å². The van der Waals surface area contributed by atoms with Crippen molar-refractivity contribution in [2.75, 3.05) is 18.4 Å². The molecule has 150 valence electrons. The highest BCUT2D eigenvalue weighted by Crippen LogP contribution is 2.29. The molecule has 0 saturated carbocycles. The molecule has 2 N–H and O–H groups in total. The lowest BCUT2D eigenvalue weighted by Crippen LogP contribution is -2.38. The summed E-state index contributed by atoms with van der Waals surface area (Å²) in [5, 5.41) is 2.72. The third kappa shape index (κ3) is 4.20. The lowest BCUT2D eigenvalue weighted by atomic mass is 9.98. The van der Waals surface area contributed by atoms with E-state index in [4.69, 9.17) is 0 Å². The maximum absolute atomic E-state index is 12.9. The number of carbonyl (C=O) groups is 1. The number of hydrogen-bond donors (Lipinski definition) is 2. The molecule has 0 atom stereocenters. The number of aromatic amines is 1. The summed E-state index contributed by atoms with van der Waals surface area (Å²) in [4.78, 5) is 23.8. The van der Waals surface area contributed by atoms with E-state index in [0.717, 1.165) is 18.7 Å². The number of sulfonamides is 1. The summed E-state index contributed by atoms with van der Waals surface area (Å²) >= 11 is 0. The second kappa shape index (κ2) is 8.14. The van der Waals surface area contributed by atoms with E-state index in [1.54, 1.807) is 48.9 Å². The summed E-state index contributed by atoms with van der Waals surface area (Å²) in [6.45, 7) is 0.901. The molecule has 0 radical (unpaired) electrons. The summed E-state index contributed by atoms with van der Waals surface area (Å²) < 4.78 is 27.4. The van der Waals surface area contributed by atoms with Gasteiger partial charge in [0.25, 0.3) is 5.91 Å². The van der Waals surface area contributed by atoms with E-state index >= 15 is 0 Å². The number of amides is 1. The fourth-order valence-electron chi connectivity index (χ4n) is 3.42. The predicted octanol–water partition coefficient (Wildman–Crippen LogP) is 2.63. The molecule has 1 aliphatic rings. The third-order valence-corrected chi connectivity index (χ3v) is 6.92. The molecular weight excluding hydrogens is 390 g/mol. The normalized spacial score (nSPS) is 15.9. The Morgan fingerprint density at radius 2 is 1.79 bits per heavy atom. The van der Waals surface area contributed by atoms with Gasteiger partial charge in [-0.25, -0.2) is 13.4 Å². The van der Waals surface area contributed by atoms with Crippen molar-refractivity contribution in [2.45, 2.75) is 23.7 Å². The first kappa shape index (κ1) is 19.3. The molecule has 9 heteroatoms. The van der Waals surface area contributed by atoms with Gasteiger partial charge in [0.05, 0.1) is 4.90 Å². The molecule has 29 heavy (non-hydrogen) atoms. The van der Waals surface area contributed by atoms with Crippen LogP contribution in [0.3, 0.4) is 0 Å². The number of benzene rings is 1. The van der Waals surface area contributed by atoms with Crippen LogP contribution in [0.1, 0.15) is 35.1 Å². The number of nitrogens with zero attached hydrogens (tertiary/aromatic N) is 3. The zero-order valence-electron chi connectivity index (χ0n) is 15.7. The standard InChI is InChI=1S/C20H21N5O3S/c26-20(18-3-1-2-10-21-18)24-16-4-6-17(7-5-16)29(27,28)25-13-8-15(9-14-25)19-22-11-12-23-19/h1-7,10-12,15H,8-9,13-14H2,(H,22,23)(H,24,26). The molecule has 2 aromatic heterocycles. The minimum atomic E-state index is -3.57. The smallest absolute Gasteiger partial charge is 0.274 e. The van der Waals surface area contributed by atoms with Crippen LogP contribution in [0.5, 0.6) is 0 Å². The van der Waals surface area contributed by atoms with Crippen molar-refractivity contribution in [3.63, 3.8) is 0 Å². The van der Waals surface area contributed by atoms with Gasteiger partial charge in [0.2, 0.25) is 10.0 Å². The van der Waals surface area contributed by atoms with Crippen LogP contribution in [0.15, 0.2) is 66.0 Å². The zero-order valence-corrected chi connectivity index (χ0v) is 16.5. The van der Waals surface area contributed by atoms with E-state index in [-0.39, 0.29) is 16.7 Å². The molecule has 1 saturated heterocycles. The fraction of sp³-hybridized carbons (Fsp3) is 0.250. The highest BCUT2D eigenvalue weighted by Gasteiger charge is 2.30. The Labute approximate surface area is 169 Å². The van der Waals surface area contributed by atoms with Crippen LogP contribution in [-0.4, -0.2) is 46.7 Å². The quantitative estimate of drug-likeness (QED) is 0.671. The van der Waals surface area contributed by atoms with E-state index in [9.17, 15) is 13.2 Å². The van der Waals surface area contributed by atoms with Crippen molar-refractivity contribution >= 4 is 21.6 Å². The Kier molecular flexibility index (Phi) is 5.41. The summed E-state index contributed by atoms with van der Waals surface area (Å²) in [6.07, 6.45) is 6.49. The topological polar surface area (TPSA) is 108 Å². The van der Waals surface area contributed by atoms with E-state index in [2.05, 4.69) is 20.3 Å². The molecule has 1 amide bonds. The second-order valence-corrected chi connectivity index (χ2v) is 8.78. The van der Waals surface area contributed by atoms with Crippen molar-refractivity contribution in [3.05, 3.63) is 72.6 Å². The van der Waals surface area contributed by atoms with Crippen molar-refractivity contribution in [3.8, 4) is 0 Å². The molecule has 4 rings (SSSR count). The molecule has 1 fully saturated rings. The van der Waals surface area contributed by atoms with Crippen LogP contribution >= 0.6 is 0 Å². The third-order valence-electron chi connectivity index (χ3n) is 5.01. The average molecular weight is 411 g/mol. The van der Waals surface area contributed by atoms with Crippen LogP contribution in [0, 0.1) is 0 Å². The Hall–Kier alpha value is -3.04. The summed E-state index contributed by atoms with van der Waals surface area (Å²) in [5.74, 6) is 0.817. The number of rotatable bonds is 5. The largest absolute Gasteiger partial charge is 0.348 e. The number of hydrogen-bond acceptors (Lipinski definition) is 5. The number of pyridine rings is 1. The molecule has 1 aliphatic heterocycles. The van der Waals surface area contributed by atoms with E-state index in [0.29, 0.717) is 24.5 Å². The Bertz CT molecular complexity index is 1060. The SMILES string of the molecule is O=C(Nc1ccc(S(=O)(=O)N2CCC(c3ncc[nH]3)CC2)cc1)c1ccccn1. The Balaban J connectivity index is 1.41. The lowest BCUT2D eigenvalue weighted by molar-refractivity contribution is 0.102. The maximum Gasteiger partial charge on any atom is 0.274 e. The molecule has 0 spiro atoms. The van der Waals surface area contributed by atoms with Gasteiger partial charge in [-0.3, -0.25) is 9.78 Å². The number of aromatic nitrogens is 3. The minimum absolute atomic E-state index is 0.213. The number of anilines is 1. The number of piperidine rings is 1. The molecule has 0 bridgehead atoms. The number of imidazole rings is 1. The van der Waals surface area contributed by atoms with Gasteiger partial charge in [-0.15, -0.1) is 0 Å². The summed E-state index contributed by atoms with van der Waals surface area (Å²) in [5.41, 5.74) is 0.805. The maximum atomic E-state index is 12.9. The van der Waals surface area contributed by atoms with Gasteiger partial charge >= 0.3 is 0 Å². The number of H-pyrrole nitrogens is 1. The first-order valence-electron chi connectivity index (χ1n) is 9.36. The van der Waals surface area contributed by atoms with Gasteiger partial charge in [0, 0.05) is 43.3 Å². The van der Waals surface area contributed by atoms with Gasteiger partial charge in [-0.2, -0.15) is 4.31 Å². The summed E-state index contributed by atoms with van der Waals surface area (Å²) in [6, 6.07) is 11.3. The second-order valence-electron chi connectivity index (χ2n) is 6.85.